The number of methoxy groups -OCH3 is 2. The Morgan fingerprint density at radius 3 is 2.74 bits per heavy atom. The Hall–Kier alpha value is -1.86. The lowest BCUT2D eigenvalue weighted by Gasteiger charge is -2.08. The Kier molecular flexibility index (Phi) is 5.79. The molecule has 0 bridgehead atoms. The van der Waals surface area contributed by atoms with Gasteiger partial charge >= 0.3 is 0 Å². The summed E-state index contributed by atoms with van der Waals surface area (Å²) >= 11 is 0. The average molecular weight is 344 g/mol. The Labute approximate surface area is 139 Å². The monoisotopic (exact) mass is 343 g/mol. The van der Waals surface area contributed by atoms with E-state index in [-0.39, 0.29) is 18.4 Å². The molecule has 2 atom stereocenters. The molecular formula is C15H19ClFN3O3. The van der Waals surface area contributed by atoms with Crippen LogP contribution in [-0.2, 0) is 6.42 Å². The van der Waals surface area contributed by atoms with Crippen molar-refractivity contribution < 1.29 is 18.4 Å². The van der Waals surface area contributed by atoms with E-state index < -0.39 is 6.17 Å². The molecule has 3 rings (SSSR count). The highest BCUT2D eigenvalue weighted by molar-refractivity contribution is 5.85. The number of ether oxygens (including phenoxy) is 2. The van der Waals surface area contributed by atoms with Gasteiger partial charge in [-0.25, -0.2) is 4.39 Å². The van der Waals surface area contributed by atoms with E-state index in [9.17, 15) is 4.39 Å². The van der Waals surface area contributed by atoms with Crippen LogP contribution in [0.1, 0.15) is 29.7 Å². The molecule has 0 saturated carbocycles. The summed E-state index contributed by atoms with van der Waals surface area (Å²) < 4.78 is 28.9. The number of halogens is 2. The summed E-state index contributed by atoms with van der Waals surface area (Å²) in [5.74, 6) is 2.33. The third-order valence-electron chi connectivity index (χ3n) is 3.67. The summed E-state index contributed by atoms with van der Waals surface area (Å²) in [5, 5.41) is 6.98. The standard InChI is InChI=1S/C15H18FN3O3.ClH/c1-20-12-4-3-9(5-13(12)21-2)6-14-18-15(22-19-14)11-7-10(16)8-17-11;/h3-5,10-11,17H,6-8H2,1-2H3;1H/t10-,11+;/m0./s1. The van der Waals surface area contributed by atoms with Gasteiger partial charge in [-0.1, -0.05) is 11.2 Å². The van der Waals surface area contributed by atoms with E-state index in [0.29, 0.717) is 42.6 Å². The van der Waals surface area contributed by atoms with Crippen molar-refractivity contribution in [3.05, 3.63) is 35.5 Å². The summed E-state index contributed by atoms with van der Waals surface area (Å²) in [5.41, 5.74) is 0.979. The molecule has 0 radical (unpaired) electrons. The quantitative estimate of drug-likeness (QED) is 0.899. The van der Waals surface area contributed by atoms with E-state index in [4.69, 9.17) is 14.0 Å². The van der Waals surface area contributed by atoms with Crippen molar-refractivity contribution in [3.63, 3.8) is 0 Å². The lowest BCUT2D eigenvalue weighted by molar-refractivity contribution is 0.322. The van der Waals surface area contributed by atoms with Crippen LogP contribution in [0.25, 0.3) is 0 Å². The highest BCUT2D eigenvalue weighted by Gasteiger charge is 2.29. The van der Waals surface area contributed by atoms with Crippen LogP contribution in [0.5, 0.6) is 11.5 Å². The van der Waals surface area contributed by atoms with Crippen molar-refractivity contribution in [3.8, 4) is 11.5 Å². The molecule has 0 spiro atoms. The summed E-state index contributed by atoms with van der Waals surface area (Å²) in [7, 11) is 3.18. The van der Waals surface area contributed by atoms with Gasteiger partial charge in [-0.2, -0.15) is 4.98 Å². The van der Waals surface area contributed by atoms with Crippen LogP contribution in [0.15, 0.2) is 22.7 Å². The highest BCUT2D eigenvalue weighted by Crippen LogP contribution is 2.28. The van der Waals surface area contributed by atoms with Gasteiger partial charge in [0, 0.05) is 19.4 Å². The SMILES string of the molecule is COc1ccc(Cc2noc([C@H]3C[C@H](F)CN3)n2)cc1OC.Cl. The van der Waals surface area contributed by atoms with Crippen LogP contribution in [0, 0.1) is 0 Å². The smallest absolute Gasteiger partial charge is 0.243 e. The van der Waals surface area contributed by atoms with E-state index in [1.807, 2.05) is 18.2 Å². The minimum absolute atomic E-state index is 0. The molecule has 1 aliphatic rings. The topological polar surface area (TPSA) is 69.4 Å². The van der Waals surface area contributed by atoms with Crippen LogP contribution in [0.2, 0.25) is 0 Å². The molecule has 2 heterocycles. The van der Waals surface area contributed by atoms with Crippen molar-refractivity contribution in [1.82, 2.24) is 15.5 Å². The van der Waals surface area contributed by atoms with Crippen molar-refractivity contribution in [2.24, 2.45) is 0 Å². The van der Waals surface area contributed by atoms with Gasteiger partial charge in [-0.3, -0.25) is 0 Å². The van der Waals surface area contributed by atoms with Crippen LogP contribution in [0.4, 0.5) is 4.39 Å². The molecule has 1 aliphatic heterocycles. The fourth-order valence-electron chi connectivity index (χ4n) is 2.53. The van der Waals surface area contributed by atoms with Crippen LogP contribution in [-0.4, -0.2) is 37.1 Å². The van der Waals surface area contributed by atoms with Gasteiger partial charge in [0.05, 0.1) is 20.3 Å². The van der Waals surface area contributed by atoms with Crippen molar-refractivity contribution >= 4 is 12.4 Å². The lowest BCUT2D eigenvalue weighted by Crippen LogP contribution is -2.14. The molecule has 2 aromatic rings. The Morgan fingerprint density at radius 2 is 2.09 bits per heavy atom. The zero-order chi connectivity index (χ0) is 15.5. The second-order valence-corrected chi connectivity index (χ2v) is 5.21. The van der Waals surface area contributed by atoms with Crippen molar-refractivity contribution in [1.29, 1.82) is 0 Å². The van der Waals surface area contributed by atoms with E-state index in [0.717, 1.165) is 5.56 Å². The van der Waals surface area contributed by atoms with Gasteiger partial charge in [-0.05, 0) is 17.7 Å². The van der Waals surface area contributed by atoms with Crippen LogP contribution in [0.3, 0.4) is 0 Å². The van der Waals surface area contributed by atoms with Crippen molar-refractivity contribution in [2.75, 3.05) is 20.8 Å². The molecule has 1 N–H and O–H groups in total. The molecule has 0 unspecified atom stereocenters. The molecule has 1 aromatic heterocycles. The first kappa shape index (κ1) is 17.5. The largest absolute Gasteiger partial charge is 0.493 e. The molecule has 1 saturated heterocycles. The summed E-state index contributed by atoms with van der Waals surface area (Å²) in [6.45, 7) is 0.331. The molecule has 126 valence electrons. The van der Waals surface area contributed by atoms with Gasteiger partial charge < -0.3 is 19.3 Å². The Bertz CT molecular complexity index is 653. The number of alkyl halides is 1. The third kappa shape index (κ3) is 3.92. The van der Waals surface area contributed by atoms with Crippen molar-refractivity contribution in [2.45, 2.75) is 25.1 Å². The fraction of sp³-hybridized carbons (Fsp3) is 0.467. The molecule has 0 amide bonds. The normalized spacial score (nSPS) is 20.1. The first-order chi connectivity index (χ1) is 10.7. The lowest BCUT2D eigenvalue weighted by atomic mass is 10.1. The molecule has 0 aliphatic carbocycles. The zero-order valence-corrected chi connectivity index (χ0v) is 13.7. The maximum Gasteiger partial charge on any atom is 0.243 e. The summed E-state index contributed by atoms with van der Waals surface area (Å²) in [6, 6.07) is 5.44. The van der Waals surface area contributed by atoms with Gasteiger partial charge in [0.2, 0.25) is 5.89 Å². The van der Waals surface area contributed by atoms with E-state index in [2.05, 4.69) is 15.5 Å². The predicted octanol–water partition coefficient (Wildman–Crippen LogP) is 2.47. The van der Waals surface area contributed by atoms with Gasteiger partial charge in [0.1, 0.15) is 6.17 Å². The second-order valence-electron chi connectivity index (χ2n) is 5.21. The number of aromatic nitrogens is 2. The average Bonchev–Trinajstić information content (AvgIpc) is 3.16. The zero-order valence-electron chi connectivity index (χ0n) is 12.9. The number of rotatable bonds is 5. The van der Waals surface area contributed by atoms with Crippen LogP contribution >= 0.6 is 12.4 Å². The minimum atomic E-state index is -0.855. The van der Waals surface area contributed by atoms with E-state index >= 15 is 0 Å². The predicted molar refractivity (Wildman–Crippen MR) is 84.2 cm³/mol. The summed E-state index contributed by atoms with van der Waals surface area (Å²) in [4.78, 5) is 4.34. The van der Waals surface area contributed by atoms with Crippen LogP contribution < -0.4 is 14.8 Å². The number of nitrogens with one attached hydrogen (secondary N) is 1. The van der Waals surface area contributed by atoms with Gasteiger partial charge in [0.15, 0.2) is 17.3 Å². The van der Waals surface area contributed by atoms with Gasteiger partial charge in [-0.15, -0.1) is 12.4 Å². The molecule has 8 heteroatoms. The van der Waals surface area contributed by atoms with E-state index in [1.165, 1.54) is 0 Å². The Balaban J connectivity index is 0.00000192. The number of hydrogen-bond acceptors (Lipinski definition) is 6. The molecule has 23 heavy (non-hydrogen) atoms. The molecular weight excluding hydrogens is 325 g/mol. The first-order valence-electron chi connectivity index (χ1n) is 7.10. The minimum Gasteiger partial charge on any atom is -0.493 e. The van der Waals surface area contributed by atoms with Gasteiger partial charge in [0.25, 0.3) is 0 Å². The fourth-order valence-corrected chi connectivity index (χ4v) is 2.53. The molecule has 1 fully saturated rings. The first-order valence-corrected chi connectivity index (χ1v) is 7.10. The number of hydrogen-bond donors (Lipinski definition) is 1. The molecule has 6 nitrogen and oxygen atoms in total. The number of benzene rings is 1. The number of nitrogens with zero attached hydrogens (tertiary/aromatic N) is 2. The van der Waals surface area contributed by atoms with E-state index in [1.54, 1.807) is 14.2 Å². The maximum absolute atomic E-state index is 13.2. The third-order valence-corrected chi connectivity index (χ3v) is 3.67. The highest BCUT2D eigenvalue weighted by atomic mass is 35.5. The molecule has 1 aromatic carbocycles. The Morgan fingerprint density at radius 1 is 1.30 bits per heavy atom. The maximum atomic E-state index is 13.2. The summed E-state index contributed by atoms with van der Waals surface area (Å²) in [6.07, 6.45) is 0.0272. The second kappa shape index (κ2) is 7.61.